The molecule has 1 aliphatic carbocycles. The highest BCUT2D eigenvalue weighted by molar-refractivity contribution is 14.0. The van der Waals surface area contributed by atoms with E-state index in [1.165, 1.54) is 38.5 Å². The van der Waals surface area contributed by atoms with E-state index < -0.39 is 0 Å². The van der Waals surface area contributed by atoms with Crippen LogP contribution in [0, 0.1) is 5.92 Å². The zero-order valence-corrected chi connectivity index (χ0v) is 19.2. The average molecular weight is 500 g/mol. The van der Waals surface area contributed by atoms with Gasteiger partial charge in [-0.05, 0) is 50.7 Å². The van der Waals surface area contributed by atoms with Gasteiger partial charge in [0.25, 0.3) is 0 Å². The van der Waals surface area contributed by atoms with Crippen LogP contribution in [0.2, 0.25) is 0 Å². The lowest BCUT2D eigenvalue weighted by molar-refractivity contribution is 0.295. The van der Waals surface area contributed by atoms with Crippen LogP contribution in [0.4, 0.5) is 0 Å². The largest absolute Gasteiger partial charge is 0.461 e. The summed E-state index contributed by atoms with van der Waals surface area (Å²) in [7, 11) is 0. The van der Waals surface area contributed by atoms with Gasteiger partial charge in [-0.1, -0.05) is 19.8 Å². The summed E-state index contributed by atoms with van der Waals surface area (Å²) in [6.45, 7) is 5.91. The van der Waals surface area contributed by atoms with Crippen LogP contribution in [-0.2, 0) is 6.42 Å². The van der Waals surface area contributed by atoms with Gasteiger partial charge in [0, 0.05) is 25.6 Å². The number of hydrogen-bond acceptors (Lipinski definition) is 4. The van der Waals surface area contributed by atoms with E-state index in [2.05, 4.69) is 39.7 Å². The molecule has 0 aliphatic heterocycles. The molecule has 0 radical (unpaired) electrons. The Morgan fingerprint density at radius 2 is 2.11 bits per heavy atom. The minimum absolute atomic E-state index is 0. The Morgan fingerprint density at radius 3 is 2.79 bits per heavy atom. The summed E-state index contributed by atoms with van der Waals surface area (Å²) < 4.78 is 5.32. The van der Waals surface area contributed by atoms with E-state index in [1.54, 1.807) is 6.26 Å². The average Bonchev–Trinajstić information content (AvgIpc) is 3.35. The number of aromatic nitrogens is 3. The van der Waals surface area contributed by atoms with Crippen molar-refractivity contribution in [1.82, 2.24) is 25.8 Å². The molecule has 0 atom stereocenters. The molecule has 2 aromatic rings. The summed E-state index contributed by atoms with van der Waals surface area (Å²) in [5, 5.41) is 14.1. The SMILES string of the molecule is CCCC1CCC(NC(=NCCc2nc(-c3ccco3)n[nH]2)NCC)CC1.I. The Morgan fingerprint density at radius 1 is 1.29 bits per heavy atom. The van der Waals surface area contributed by atoms with E-state index in [1.807, 2.05) is 12.1 Å². The van der Waals surface area contributed by atoms with Crippen molar-refractivity contribution in [3.63, 3.8) is 0 Å². The lowest BCUT2D eigenvalue weighted by Gasteiger charge is -2.30. The molecule has 0 saturated heterocycles. The summed E-state index contributed by atoms with van der Waals surface area (Å²) in [4.78, 5) is 9.18. The Kier molecular flexibility index (Phi) is 9.80. The van der Waals surface area contributed by atoms with Crippen LogP contribution in [0.3, 0.4) is 0 Å². The maximum Gasteiger partial charge on any atom is 0.216 e. The molecule has 7 nitrogen and oxygen atoms in total. The van der Waals surface area contributed by atoms with Gasteiger partial charge < -0.3 is 15.1 Å². The number of furan rings is 1. The number of rotatable bonds is 8. The van der Waals surface area contributed by atoms with Gasteiger partial charge in [-0.2, -0.15) is 5.10 Å². The van der Waals surface area contributed by atoms with Crippen LogP contribution in [0.1, 0.15) is 58.2 Å². The van der Waals surface area contributed by atoms with Crippen LogP contribution in [0.15, 0.2) is 27.8 Å². The van der Waals surface area contributed by atoms with E-state index in [9.17, 15) is 0 Å². The molecule has 8 heteroatoms. The first-order valence-corrected chi connectivity index (χ1v) is 10.3. The zero-order valence-electron chi connectivity index (χ0n) is 16.9. The van der Waals surface area contributed by atoms with Crippen molar-refractivity contribution in [2.75, 3.05) is 13.1 Å². The minimum atomic E-state index is 0. The van der Waals surface area contributed by atoms with Crippen LogP contribution < -0.4 is 10.6 Å². The van der Waals surface area contributed by atoms with Crippen molar-refractivity contribution >= 4 is 29.9 Å². The topological polar surface area (TPSA) is 91.1 Å². The van der Waals surface area contributed by atoms with E-state index >= 15 is 0 Å². The van der Waals surface area contributed by atoms with Crippen LogP contribution >= 0.6 is 24.0 Å². The number of nitrogens with zero attached hydrogens (tertiary/aromatic N) is 3. The van der Waals surface area contributed by atoms with E-state index in [4.69, 9.17) is 9.41 Å². The van der Waals surface area contributed by atoms with Crippen molar-refractivity contribution < 1.29 is 4.42 Å². The first-order valence-electron chi connectivity index (χ1n) is 10.3. The molecule has 1 fully saturated rings. The molecular weight excluding hydrogens is 467 g/mol. The second kappa shape index (κ2) is 12.1. The first kappa shape index (κ1) is 22.7. The third-order valence-corrected chi connectivity index (χ3v) is 5.12. The molecule has 28 heavy (non-hydrogen) atoms. The molecule has 156 valence electrons. The summed E-state index contributed by atoms with van der Waals surface area (Å²) in [5.41, 5.74) is 0. The number of guanidine groups is 1. The summed E-state index contributed by atoms with van der Waals surface area (Å²) in [5.74, 6) is 3.91. The molecule has 2 aromatic heterocycles. The van der Waals surface area contributed by atoms with Gasteiger partial charge >= 0.3 is 0 Å². The van der Waals surface area contributed by atoms with Gasteiger partial charge in [-0.25, -0.2) is 4.98 Å². The lowest BCUT2D eigenvalue weighted by atomic mass is 9.83. The lowest BCUT2D eigenvalue weighted by Crippen LogP contribution is -2.45. The van der Waals surface area contributed by atoms with Gasteiger partial charge in [-0.3, -0.25) is 10.1 Å². The molecule has 0 aromatic carbocycles. The van der Waals surface area contributed by atoms with Crippen molar-refractivity contribution in [3.05, 3.63) is 24.2 Å². The van der Waals surface area contributed by atoms with Gasteiger partial charge in [0.2, 0.25) is 5.82 Å². The molecule has 0 bridgehead atoms. The van der Waals surface area contributed by atoms with Gasteiger partial charge in [0.1, 0.15) is 5.82 Å². The van der Waals surface area contributed by atoms with E-state index in [0.717, 1.165) is 24.2 Å². The van der Waals surface area contributed by atoms with Crippen molar-refractivity contribution in [1.29, 1.82) is 0 Å². The summed E-state index contributed by atoms with van der Waals surface area (Å²) >= 11 is 0. The zero-order chi connectivity index (χ0) is 18.9. The summed E-state index contributed by atoms with van der Waals surface area (Å²) in [6, 6.07) is 4.22. The molecule has 0 amide bonds. The third kappa shape index (κ3) is 6.79. The molecular formula is C20H33IN6O. The maximum absolute atomic E-state index is 5.32. The van der Waals surface area contributed by atoms with Crippen molar-refractivity contribution in [2.24, 2.45) is 10.9 Å². The second-order valence-corrected chi connectivity index (χ2v) is 7.24. The van der Waals surface area contributed by atoms with E-state index in [-0.39, 0.29) is 24.0 Å². The minimum Gasteiger partial charge on any atom is -0.461 e. The molecule has 1 aliphatic rings. The molecule has 0 unspecified atom stereocenters. The Bertz CT molecular complexity index is 691. The second-order valence-electron chi connectivity index (χ2n) is 7.24. The summed E-state index contributed by atoms with van der Waals surface area (Å²) in [6.07, 6.45) is 10.2. The fourth-order valence-corrected chi connectivity index (χ4v) is 3.71. The van der Waals surface area contributed by atoms with Gasteiger partial charge in [0.05, 0.1) is 6.26 Å². The third-order valence-electron chi connectivity index (χ3n) is 5.12. The fourth-order valence-electron chi connectivity index (χ4n) is 3.71. The van der Waals surface area contributed by atoms with Gasteiger partial charge in [0.15, 0.2) is 11.7 Å². The maximum atomic E-state index is 5.32. The van der Waals surface area contributed by atoms with Crippen LogP contribution in [0.25, 0.3) is 11.6 Å². The monoisotopic (exact) mass is 500 g/mol. The Balaban J connectivity index is 0.00000280. The number of H-pyrrole nitrogens is 1. The predicted octanol–water partition coefficient (Wildman–Crippen LogP) is 4.14. The smallest absolute Gasteiger partial charge is 0.216 e. The number of aliphatic imine (C=N–C) groups is 1. The fraction of sp³-hybridized carbons (Fsp3) is 0.650. The van der Waals surface area contributed by atoms with Crippen molar-refractivity contribution in [2.45, 2.75) is 64.8 Å². The van der Waals surface area contributed by atoms with Gasteiger partial charge in [-0.15, -0.1) is 24.0 Å². The normalized spacial score (nSPS) is 19.9. The molecule has 1 saturated carbocycles. The number of aromatic amines is 1. The first-order chi connectivity index (χ1) is 13.3. The quantitative estimate of drug-likeness (QED) is 0.288. The highest BCUT2D eigenvalue weighted by Crippen LogP contribution is 2.27. The number of nitrogens with one attached hydrogen (secondary N) is 3. The predicted molar refractivity (Wildman–Crippen MR) is 123 cm³/mol. The molecule has 3 N–H and O–H groups in total. The number of hydrogen-bond donors (Lipinski definition) is 3. The molecule has 2 heterocycles. The highest BCUT2D eigenvalue weighted by atomic mass is 127. The number of halogens is 1. The van der Waals surface area contributed by atoms with E-state index in [0.29, 0.717) is 30.6 Å². The Hall–Kier alpha value is -1.58. The van der Waals surface area contributed by atoms with Crippen molar-refractivity contribution in [3.8, 4) is 11.6 Å². The Labute approximate surface area is 184 Å². The van der Waals surface area contributed by atoms with Crippen LogP contribution in [-0.4, -0.2) is 40.3 Å². The molecule has 3 rings (SSSR count). The molecule has 0 spiro atoms. The highest BCUT2D eigenvalue weighted by Gasteiger charge is 2.21. The van der Waals surface area contributed by atoms with Crippen LogP contribution in [0.5, 0.6) is 0 Å². The standard InChI is InChI=1S/C20H32N6O.HI/c1-3-6-15-8-10-16(11-9-15)23-20(21-4-2)22-13-12-18-24-19(26-25-18)17-7-5-14-27-17;/h5,7,14-16H,3-4,6,8-13H2,1-2H3,(H2,21,22,23)(H,24,25,26);1H.